The normalized spacial score (nSPS) is 10.5. The minimum Gasteiger partial charge on any atom is -0.421 e. The standard InChI is InChI=1S/C17H13N5O6/c1-10-6-7-14(22(26)27)9-15(10)28-17(23)16-11(2)20(19-18-16)12-4-3-5-13(8-12)21(24)25/h3-9H,1-2H3. The highest BCUT2D eigenvalue weighted by Gasteiger charge is 2.22. The van der Waals surface area contributed by atoms with Crippen LogP contribution in [0.5, 0.6) is 5.75 Å². The van der Waals surface area contributed by atoms with Crippen molar-refractivity contribution in [1.82, 2.24) is 15.0 Å². The van der Waals surface area contributed by atoms with E-state index in [-0.39, 0.29) is 22.8 Å². The summed E-state index contributed by atoms with van der Waals surface area (Å²) in [6, 6.07) is 9.60. The largest absolute Gasteiger partial charge is 0.421 e. The van der Waals surface area contributed by atoms with Crippen molar-refractivity contribution in [3.05, 3.63) is 79.6 Å². The molecule has 0 aliphatic heterocycles. The summed E-state index contributed by atoms with van der Waals surface area (Å²) in [5, 5.41) is 29.5. The number of aryl methyl sites for hydroxylation is 1. The molecule has 2 aromatic carbocycles. The first-order chi connectivity index (χ1) is 13.3. The molecule has 11 heteroatoms. The van der Waals surface area contributed by atoms with E-state index in [9.17, 15) is 25.0 Å². The van der Waals surface area contributed by atoms with E-state index in [2.05, 4.69) is 10.3 Å². The van der Waals surface area contributed by atoms with Crippen LogP contribution < -0.4 is 4.74 Å². The zero-order valence-corrected chi connectivity index (χ0v) is 14.7. The van der Waals surface area contributed by atoms with Gasteiger partial charge in [0.25, 0.3) is 11.4 Å². The first kappa shape index (κ1) is 18.6. The van der Waals surface area contributed by atoms with Crippen molar-refractivity contribution in [2.24, 2.45) is 0 Å². The van der Waals surface area contributed by atoms with Crippen molar-refractivity contribution in [3.63, 3.8) is 0 Å². The fourth-order valence-electron chi connectivity index (χ4n) is 2.46. The van der Waals surface area contributed by atoms with Gasteiger partial charge < -0.3 is 4.74 Å². The van der Waals surface area contributed by atoms with Crippen LogP contribution in [0, 0.1) is 34.1 Å². The van der Waals surface area contributed by atoms with Gasteiger partial charge in [0.1, 0.15) is 5.75 Å². The van der Waals surface area contributed by atoms with Crippen LogP contribution in [0.25, 0.3) is 5.69 Å². The highest BCUT2D eigenvalue weighted by Crippen LogP contribution is 2.25. The molecule has 3 rings (SSSR count). The quantitative estimate of drug-likeness (QED) is 0.283. The van der Waals surface area contributed by atoms with Gasteiger partial charge in [0.2, 0.25) is 0 Å². The molecule has 0 unspecified atom stereocenters. The predicted molar refractivity (Wildman–Crippen MR) is 95.5 cm³/mol. The van der Waals surface area contributed by atoms with Gasteiger partial charge in [0.15, 0.2) is 5.69 Å². The predicted octanol–water partition coefficient (Wildman–Crippen LogP) is 2.92. The maximum Gasteiger partial charge on any atom is 0.366 e. The number of nitro benzene ring substituents is 2. The Morgan fingerprint density at radius 1 is 1.04 bits per heavy atom. The van der Waals surface area contributed by atoms with E-state index in [1.165, 1.54) is 35.0 Å². The van der Waals surface area contributed by atoms with Gasteiger partial charge >= 0.3 is 5.97 Å². The number of nitrogens with zero attached hydrogens (tertiary/aromatic N) is 5. The number of carbonyl (C=O) groups excluding carboxylic acids is 1. The first-order valence-electron chi connectivity index (χ1n) is 7.92. The van der Waals surface area contributed by atoms with E-state index < -0.39 is 15.8 Å². The smallest absolute Gasteiger partial charge is 0.366 e. The minimum absolute atomic E-state index is 0.0310. The van der Waals surface area contributed by atoms with Crippen LogP contribution in [0.3, 0.4) is 0 Å². The number of esters is 1. The number of hydrogen-bond acceptors (Lipinski definition) is 8. The summed E-state index contributed by atoms with van der Waals surface area (Å²) >= 11 is 0. The number of hydrogen-bond donors (Lipinski definition) is 0. The van der Waals surface area contributed by atoms with Gasteiger partial charge in [-0.25, -0.2) is 9.48 Å². The Bertz CT molecular complexity index is 1110. The average molecular weight is 383 g/mol. The van der Waals surface area contributed by atoms with Crippen LogP contribution >= 0.6 is 0 Å². The molecular formula is C17H13N5O6. The summed E-state index contributed by atoms with van der Waals surface area (Å²) in [6.07, 6.45) is 0. The molecule has 0 bridgehead atoms. The lowest BCUT2D eigenvalue weighted by molar-refractivity contribution is -0.385. The number of carbonyl (C=O) groups is 1. The Kier molecular flexibility index (Phi) is 4.81. The summed E-state index contributed by atoms with van der Waals surface area (Å²) < 4.78 is 6.51. The van der Waals surface area contributed by atoms with Crippen LogP contribution in [0.15, 0.2) is 42.5 Å². The van der Waals surface area contributed by atoms with Crippen molar-refractivity contribution in [3.8, 4) is 11.4 Å². The summed E-state index contributed by atoms with van der Waals surface area (Å²) in [7, 11) is 0. The molecule has 0 aliphatic carbocycles. The van der Waals surface area contributed by atoms with Crippen LogP contribution in [0.1, 0.15) is 21.7 Å². The minimum atomic E-state index is -0.849. The highest BCUT2D eigenvalue weighted by molar-refractivity contribution is 5.90. The Balaban J connectivity index is 1.91. The summed E-state index contributed by atoms with van der Waals surface area (Å²) in [6.45, 7) is 3.19. The van der Waals surface area contributed by atoms with Gasteiger partial charge in [0.05, 0.1) is 27.3 Å². The monoisotopic (exact) mass is 383 g/mol. The number of benzene rings is 2. The number of nitro groups is 2. The van der Waals surface area contributed by atoms with Crippen molar-refractivity contribution in [1.29, 1.82) is 0 Å². The zero-order valence-electron chi connectivity index (χ0n) is 14.7. The molecule has 28 heavy (non-hydrogen) atoms. The van der Waals surface area contributed by atoms with Crippen LogP contribution in [0.2, 0.25) is 0 Å². The lowest BCUT2D eigenvalue weighted by Crippen LogP contribution is -2.12. The third-order valence-electron chi connectivity index (χ3n) is 3.96. The Morgan fingerprint density at radius 3 is 2.39 bits per heavy atom. The van der Waals surface area contributed by atoms with E-state index in [1.54, 1.807) is 19.9 Å². The summed E-state index contributed by atoms with van der Waals surface area (Å²) in [4.78, 5) is 33.2. The van der Waals surface area contributed by atoms with E-state index in [0.29, 0.717) is 16.9 Å². The molecule has 0 spiro atoms. The van der Waals surface area contributed by atoms with Gasteiger partial charge in [0, 0.05) is 18.2 Å². The highest BCUT2D eigenvalue weighted by atomic mass is 16.6. The molecule has 0 amide bonds. The lowest BCUT2D eigenvalue weighted by atomic mass is 10.2. The van der Waals surface area contributed by atoms with Gasteiger partial charge in [-0.3, -0.25) is 20.2 Å². The Hall–Kier alpha value is -4.15. The fourth-order valence-corrected chi connectivity index (χ4v) is 2.46. The molecule has 0 fully saturated rings. The second kappa shape index (κ2) is 7.23. The number of ether oxygens (including phenoxy) is 1. The molecule has 1 heterocycles. The molecule has 0 radical (unpaired) electrons. The van der Waals surface area contributed by atoms with Gasteiger partial charge in [-0.2, -0.15) is 0 Å². The van der Waals surface area contributed by atoms with Crippen molar-refractivity contribution in [2.45, 2.75) is 13.8 Å². The molecule has 1 aromatic heterocycles. The van der Waals surface area contributed by atoms with Crippen LogP contribution in [-0.4, -0.2) is 30.8 Å². The molecule has 11 nitrogen and oxygen atoms in total. The van der Waals surface area contributed by atoms with E-state index in [0.717, 1.165) is 6.07 Å². The second-order valence-electron chi connectivity index (χ2n) is 5.81. The van der Waals surface area contributed by atoms with Crippen molar-refractivity contribution >= 4 is 17.3 Å². The first-order valence-corrected chi connectivity index (χ1v) is 7.92. The van der Waals surface area contributed by atoms with E-state index in [1.807, 2.05) is 0 Å². The molecule has 0 saturated carbocycles. The molecule has 3 aromatic rings. The summed E-state index contributed by atoms with van der Waals surface area (Å²) in [5.74, 6) is -0.818. The third-order valence-corrected chi connectivity index (χ3v) is 3.96. The van der Waals surface area contributed by atoms with Crippen LogP contribution in [0.4, 0.5) is 11.4 Å². The van der Waals surface area contributed by atoms with Gasteiger partial charge in [-0.1, -0.05) is 11.3 Å². The van der Waals surface area contributed by atoms with E-state index >= 15 is 0 Å². The molecule has 142 valence electrons. The second-order valence-corrected chi connectivity index (χ2v) is 5.81. The zero-order chi connectivity index (χ0) is 20.4. The number of rotatable bonds is 5. The fraction of sp³-hybridized carbons (Fsp3) is 0.118. The van der Waals surface area contributed by atoms with Crippen molar-refractivity contribution < 1.29 is 19.4 Å². The molecule has 0 atom stereocenters. The Labute approximate surface area is 157 Å². The van der Waals surface area contributed by atoms with Gasteiger partial charge in [-0.15, -0.1) is 5.10 Å². The molecular weight excluding hydrogens is 370 g/mol. The average Bonchev–Trinajstić information content (AvgIpc) is 3.05. The van der Waals surface area contributed by atoms with Gasteiger partial charge in [-0.05, 0) is 31.5 Å². The molecule has 0 N–H and O–H groups in total. The van der Waals surface area contributed by atoms with Crippen LogP contribution in [-0.2, 0) is 0 Å². The lowest BCUT2D eigenvalue weighted by Gasteiger charge is -2.07. The third kappa shape index (κ3) is 3.53. The maximum absolute atomic E-state index is 12.5. The van der Waals surface area contributed by atoms with Crippen molar-refractivity contribution in [2.75, 3.05) is 0 Å². The number of aromatic nitrogens is 3. The molecule has 0 saturated heterocycles. The Morgan fingerprint density at radius 2 is 1.71 bits per heavy atom. The summed E-state index contributed by atoms with van der Waals surface area (Å²) in [5.41, 5.74) is 0.715. The van der Waals surface area contributed by atoms with E-state index in [4.69, 9.17) is 4.74 Å². The maximum atomic E-state index is 12.5. The SMILES string of the molecule is Cc1ccc([N+](=O)[O-])cc1OC(=O)c1nnn(-c2cccc([N+](=O)[O-])c2)c1C. The topological polar surface area (TPSA) is 143 Å². The number of non-ortho nitro benzene ring substituents is 2. The molecule has 0 aliphatic rings.